The van der Waals surface area contributed by atoms with Gasteiger partial charge in [-0.3, -0.25) is 4.79 Å². The second-order valence-electron chi connectivity index (χ2n) is 3.08. The lowest BCUT2D eigenvalue weighted by atomic mass is 10.2. The molecule has 0 spiro atoms. The summed E-state index contributed by atoms with van der Waals surface area (Å²) in [6.07, 6.45) is 0.819. The lowest BCUT2D eigenvalue weighted by Gasteiger charge is -2.11. The van der Waals surface area contributed by atoms with Gasteiger partial charge in [0.05, 0.1) is 12.3 Å². The molecule has 0 atom stereocenters. The van der Waals surface area contributed by atoms with E-state index in [0.29, 0.717) is 18.8 Å². The van der Waals surface area contributed by atoms with Gasteiger partial charge in [0, 0.05) is 19.3 Å². The van der Waals surface area contributed by atoms with Crippen LogP contribution in [0.3, 0.4) is 0 Å². The van der Waals surface area contributed by atoms with Crippen LogP contribution < -0.4 is 11.3 Å². The first-order valence-electron chi connectivity index (χ1n) is 4.67. The first-order valence-corrected chi connectivity index (χ1v) is 4.67. The Bertz CT molecular complexity index is 358. The van der Waals surface area contributed by atoms with Gasteiger partial charge >= 0.3 is 0 Å². The molecule has 0 unspecified atom stereocenters. The van der Waals surface area contributed by atoms with E-state index in [-0.39, 0.29) is 5.56 Å². The summed E-state index contributed by atoms with van der Waals surface area (Å²) < 4.78 is 6.61. The van der Waals surface area contributed by atoms with Gasteiger partial charge < -0.3 is 15.0 Å². The minimum Gasteiger partial charge on any atom is -0.394 e. The fourth-order valence-corrected chi connectivity index (χ4v) is 1.37. The molecule has 14 heavy (non-hydrogen) atoms. The Morgan fingerprint density at radius 3 is 2.79 bits per heavy atom. The lowest BCUT2D eigenvalue weighted by molar-refractivity contribution is 0.185. The van der Waals surface area contributed by atoms with Gasteiger partial charge in [-0.1, -0.05) is 6.92 Å². The molecule has 0 aliphatic rings. The fraction of sp³-hybridized carbons (Fsp3) is 0.500. The molecule has 0 bridgehead atoms. The van der Waals surface area contributed by atoms with Crippen molar-refractivity contribution in [3.05, 3.63) is 28.2 Å². The minimum absolute atomic E-state index is 0.124. The number of pyridine rings is 1. The number of hydrogen-bond acceptors (Lipinski definition) is 3. The quantitative estimate of drug-likeness (QED) is 0.768. The molecule has 1 aromatic rings. The van der Waals surface area contributed by atoms with E-state index in [0.717, 1.165) is 12.1 Å². The number of nitrogens with zero attached hydrogens (tertiary/aromatic N) is 1. The van der Waals surface area contributed by atoms with Crippen molar-refractivity contribution in [1.29, 1.82) is 0 Å². The molecule has 0 saturated carbocycles. The normalized spacial score (nSPS) is 10.4. The second kappa shape index (κ2) is 4.81. The van der Waals surface area contributed by atoms with Crippen LogP contribution in [0.5, 0.6) is 0 Å². The highest BCUT2D eigenvalue weighted by Crippen LogP contribution is 2.01. The number of anilines is 1. The Kier molecular flexibility index (Phi) is 3.71. The number of hydrogen-bond donors (Lipinski definition) is 1. The third kappa shape index (κ3) is 2.14. The number of nitrogens with two attached hydrogens (primary N) is 1. The van der Waals surface area contributed by atoms with Gasteiger partial charge in [-0.25, -0.2) is 0 Å². The van der Waals surface area contributed by atoms with E-state index in [2.05, 4.69) is 0 Å². The lowest BCUT2D eigenvalue weighted by Crippen LogP contribution is -2.27. The summed E-state index contributed by atoms with van der Waals surface area (Å²) in [7, 11) is 1.61. The van der Waals surface area contributed by atoms with E-state index in [1.807, 2.05) is 13.0 Å². The average molecular weight is 196 g/mol. The molecule has 0 aliphatic heterocycles. The Balaban J connectivity index is 3.08. The smallest absolute Gasteiger partial charge is 0.273 e. The van der Waals surface area contributed by atoms with Crippen molar-refractivity contribution in [1.82, 2.24) is 4.57 Å². The molecule has 0 saturated heterocycles. The second-order valence-corrected chi connectivity index (χ2v) is 3.08. The van der Waals surface area contributed by atoms with E-state index in [9.17, 15) is 4.79 Å². The molecule has 78 valence electrons. The Morgan fingerprint density at radius 2 is 2.21 bits per heavy atom. The Labute approximate surface area is 83.3 Å². The predicted molar refractivity (Wildman–Crippen MR) is 56.4 cm³/mol. The molecule has 4 nitrogen and oxygen atoms in total. The van der Waals surface area contributed by atoms with Crippen LogP contribution >= 0.6 is 0 Å². The van der Waals surface area contributed by atoms with Crippen molar-refractivity contribution >= 4 is 5.69 Å². The maximum atomic E-state index is 11.6. The zero-order chi connectivity index (χ0) is 10.6. The van der Waals surface area contributed by atoms with Crippen LogP contribution in [0, 0.1) is 0 Å². The monoisotopic (exact) mass is 196 g/mol. The van der Waals surface area contributed by atoms with Gasteiger partial charge in [-0.15, -0.1) is 0 Å². The van der Waals surface area contributed by atoms with Gasteiger partial charge in [0.25, 0.3) is 5.56 Å². The highest BCUT2D eigenvalue weighted by atomic mass is 16.5. The topological polar surface area (TPSA) is 57.2 Å². The summed E-state index contributed by atoms with van der Waals surface area (Å²) >= 11 is 0. The van der Waals surface area contributed by atoms with Crippen LogP contribution in [-0.2, 0) is 17.7 Å². The van der Waals surface area contributed by atoms with Gasteiger partial charge in [0.2, 0.25) is 0 Å². The van der Waals surface area contributed by atoms with E-state index in [1.54, 1.807) is 17.7 Å². The summed E-state index contributed by atoms with van der Waals surface area (Å²) in [4.78, 5) is 11.6. The highest BCUT2D eigenvalue weighted by molar-refractivity contribution is 5.35. The summed E-state index contributed by atoms with van der Waals surface area (Å²) in [5, 5.41) is 0. The average Bonchev–Trinajstić information content (AvgIpc) is 2.20. The predicted octanol–water partition coefficient (Wildman–Crippen LogP) is 0.639. The van der Waals surface area contributed by atoms with Crippen LogP contribution in [0.2, 0.25) is 0 Å². The van der Waals surface area contributed by atoms with Crippen LogP contribution in [-0.4, -0.2) is 18.3 Å². The number of aromatic nitrogens is 1. The molecule has 0 fully saturated rings. The van der Waals surface area contributed by atoms with Crippen molar-refractivity contribution < 1.29 is 4.74 Å². The standard InChI is InChI=1S/C10H16N2O2/c1-3-8-4-5-9(11)10(13)12(8)6-7-14-2/h4-5H,3,6-7,11H2,1-2H3. The van der Waals surface area contributed by atoms with E-state index >= 15 is 0 Å². The largest absolute Gasteiger partial charge is 0.394 e. The number of nitrogen functional groups attached to an aromatic ring is 1. The molecule has 2 N–H and O–H groups in total. The summed E-state index contributed by atoms with van der Waals surface area (Å²) in [6.45, 7) is 3.09. The summed E-state index contributed by atoms with van der Waals surface area (Å²) in [5.41, 5.74) is 6.70. The van der Waals surface area contributed by atoms with Crippen molar-refractivity contribution in [2.45, 2.75) is 19.9 Å². The maximum absolute atomic E-state index is 11.6. The van der Waals surface area contributed by atoms with Gasteiger partial charge in [0.1, 0.15) is 0 Å². The van der Waals surface area contributed by atoms with Crippen LogP contribution in [0.15, 0.2) is 16.9 Å². The van der Waals surface area contributed by atoms with Crippen molar-refractivity contribution in [3.8, 4) is 0 Å². The number of aryl methyl sites for hydroxylation is 1. The number of methoxy groups -OCH3 is 1. The van der Waals surface area contributed by atoms with Crippen molar-refractivity contribution in [3.63, 3.8) is 0 Å². The molecule has 1 aromatic heterocycles. The SMILES string of the molecule is CCc1ccc(N)c(=O)n1CCOC. The molecular formula is C10H16N2O2. The zero-order valence-electron chi connectivity index (χ0n) is 8.62. The van der Waals surface area contributed by atoms with Crippen molar-refractivity contribution in [2.24, 2.45) is 0 Å². The van der Waals surface area contributed by atoms with Gasteiger partial charge in [0.15, 0.2) is 0 Å². The molecule has 1 heterocycles. The zero-order valence-corrected chi connectivity index (χ0v) is 8.62. The maximum Gasteiger partial charge on any atom is 0.273 e. The first-order chi connectivity index (χ1) is 6.70. The number of ether oxygens (including phenoxy) is 1. The van der Waals surface area contributed by atoms with Crippen molar-refractivity contribution in [2.75, 3.05) is 19.5 Å². The van der Waals surface area contributed by atoms with Crippen LogP contribution in [0.25, 0.3) is 0 Å². The highest BCUT2D eigenvalue weighted by Gasteiger charge is 2.04. The van der Waals surface area contributed by atoms with E-state index in [4.69, 9.17) is 10.5 Å². The Morgan fingerprint density at radius 1 is 1.50 bits per heavy atom. The summed E-state index contributed by atoms with van der Waals surface area (Å²) in [6, 6.07) is 3.54. The molecule has 0 radical (unpaired) electrons. The molecule has 0 aliphatic carbocycles. The minimum atomic E-state index is -0.124. The van der Waals surface area contributed by atoms with Crippen LogP contribution in [0.4, 0.5) is 5.69 Å². The number of rotatable bonds is 4. The first kappa shape index (κ1) is 10.8. The third-order valence-corrected chi connectivity index (χ3v) is 2.18. The van der Waals surface area contributed by atoms with Gasteiger partial charge in [-0.05, 0) is 18.6 Å². The molecule has 1 rings (SSSR count). The molecule has 4 heteroatoms. The fourth-order valence-electron chi connectivity index (χ4n) is 1.37. The van der Waals surface area contributed by atoms with E-state index < -0.39 is 0 Å². The summed E-state index contributed by atoms with van der Waals surface area (Å²) in [5.74, 6) is 0. The van der Waals surface area contributed by atoms with E-state index in [1.165, 1.54) is 0 Å². The molecule has 0 aromatic carbocycles. The Hall–Kier alpha value is -1.29. The third-order valence-electron chi connectivity index (χ3n) is 2.18. The van der Waals surface area contributed by atoms with Gasteiger partial charge in [-0.2, -0.15) is 0 Å². The van der Waals surface area contributed by atoms with Crippen LogP contribution in [0.1, 0.15) is 12.6 Å². The molecular weight excluding hydrogens is 180 g/mol. The molecule has 0 amide bonds.